The van der Waals surface area contributed by atoms with Crippen LogP contribution in [0.5, 0.6) is 0 Å². The van der Waals surface area contributed by atoms with Gasteiger partial charge in [-0.15, -0.1) is 10.2 Å². The van der Waals surface area contributed by atoms with E-state index in [0.29, 0.717) is 18.3 Å². The van der Waals surface area contributed by atoms with Crippen LogP contribution in [0.1, 0.15) is 17.0 Å². The summed E-state index contributed by atoms with van der Waals surface area (Å²) in [6.07, 6.45) is 1.07. The van der Waals surface area contributed by atoms with Crippen molar-refractivity contribution in [3.63, 3.8) is 0 Å². The molecule has 1 aliphatic rings. The van der Waals surface area contributed by atoms with Crippen molar-refractivity contribution in [2.75, 3.05) is 6.54 Å². The monoisotopic (exact) mass is 369 g/mol. The highest BCUT2D eigenvalue weighted by atomic mass is 79.9. The molecule has 0 saturated carbocycles. The average molecular weight is 370 g/mol. The summed E-state index contributed by atoms with van der Waals surface area (Å²) in [4.78, 5) is 2.35. The van der Waals surface area contributed by atoms with Gasteiger partial charge in [0.05, 0.1) is 12.1 Å². The van der Waals surface area contributed by atoms with Crippen LogP contribution in [0.25, 0.3) is 11.5 Å². The Balaban J connectivity index is 1.50. The van der Waals surface area contributed by atoms with E-state index >= 15 is 0 Å². The van der Waals surface area contributed by atoms with E-state index in [4.69, 9.17) is 4.42 Å². The lowest BCUT2D eigenvalue weighted by Gasteiger charge is -2.27. The first-order valence-corrected chi connectivity index (χ1v) is 8.45. The van der Waals surface area contributed by atoms with Crippen LogP contribution in [0.15, 0.2) is 57.4 Å². The highest BCUT2D eigenvalue weighted by molar-refractivity contribution is 9.10. The fourth-order valence-electron chi connectivity index (χ4n) is 2.94. The summed E-state index contributed by atoms with van der Waals surface area (Å²) < 4.78 is 6.81. The maximum absolute atomic E-state index is 5.85. The number of rotatable bonds is 3. The van der Waals surface area contributed by atoms with Gasteiger partial charge in [0, 0.05) is 17.6 Å². The molecule has 2 aromatic carbocycles. The predicted octanol–water partition coefficient (Wildman–Crippen LogP) is 4.06. The molecule has 0 atom stereocenters. The van der Waals surface area contributed by atoms with Gasteiger partial charge in [-0.25, -0.2) is 0 Å². The van der Waals surface area contributed by atoms with Gasteiger partial charge in [-0.3, -0.25) is 4.90 Å². The lowest BCUT2D eigenvalue weighted by atomic mass is 10.00. The standard InChI is InChI=1S/C18H16BrN3O/c19-16-8-4-3-7-15(16)18-21-20-17(23-18)12-22-10-9-13-5-1-2-6-14(13)11-22/h1-8H,9-12H2. The number of hydrogen-bond acceptors (Lipinski definition) is 4. The highest BCUT2D eigenvalue weighted by Crippen LogP contribution is 2.27. The molecule has 0 bridgehead atoms. The van der Waals surface area contributed by atoms with Gasteiger partial charge in [0.2, 0.25) is 11.8 Å². The van der Waals surface area contributed by atoms with Gasteiger partial charge in [0.1, 0.15) is 0 Å². The van der Waals surface area contributed by atoms with Gasteiger partial charge in [-0.2, -0.15) is 0 Å². The minimum Gasteiger partial charge on any atom is -0.419 e. The van der Waals surface area contributed by atoms with E-state index in [-0.39, 0.29) is 0 Å². The Hall–Kier alpha value is -1.98. The number of fused-ring (bicyclic) bond motifs is 1. The first kappa shape index (κ1) is 14.6. The molecule has 0 unspecified atom stereocenters. The molecule has 1 aromatic heterocycles. The van der Waals surface area contributed by atoms with Crippen LogP contribution in [0.4, 0.5) is 0 Å². The van der Waals surface area contributed by atoms with E-state index in [2.05, 4.69) is 55.3 Å². The normalized spacial score (nSPS) is 14.7. The van der Waals surface area contributed by atoms with Gasteiger partial charge in [0.25, 0.3) is 0 Å². The Kier molecular flexibility index (Phi) is 3.97. The number of benzene rings is 2. The topological polar surface area (TPSA) is 42.2 Å². The summed E-state index contributed by atoms with van der Waals surface area (Å²) in [5, 5.41) is 8.39. The Labute approximate surface area is 143 Å². The number of halogens is 1. The van der Waals surface area contributed by atoms with Crippen molar-refractivity contribution in [3.8, 4) is 11.5 Å². The number of aromatic nitrogens is 2. The van der Waals surface area contributed by atoms with Crippen LogP contribution in [0, 0.1) is 0 Å². The molecule has 0 N–H and O–H groups in total. The molecule has 0 radical (unpaired) electrons. The van der Waals surface area contributed by atoms with E-state index in [0.717, 1.165) is 29.5 Å². The minimum absolute atomic E-state index is 0.560. The zero-order chi connectivity index (χ0) is 15.6. The fourth-order valence-corrected chi connectivity index (χ4v) is 3.40. The molecule has 0 saturated heterocycles. The fraction of sp³-hybridized carbons (Fsp3) is 0.222. The van der Waals surface area contributed by atoms with Gasteiger partial charge in [-0.05, 0) is 45.6 Å². The summed E-state index contributed by atoms with van der Waals surface area (Å²) in [6.45, 7) is 2.64. The second kappa shape index (κ2) is 6.26. The molecular weight excluding hydrogens is 354 g/mol. The van der Waals surface area contributed by atoms with Crippen LogP contribution in [0.2, 0.25) is 0 Å². The smallest absolute Gasteiger partial charge is 0.248 e. The van der Waals surface area contributed by atoms with E-state index in [1.54, 1.807) is 0 Å². The van der Waals surface area contributed by atoms with Gasteiger partial charge >= 0.3 is 0 Å². The molecule has 5 heteroatoms. The van der Waals surface area contributed by atoms with Crippen molar-refractivity contribution in [3.05, 3.63) is 70.0 Å². The van der Waals surface area contributed by atoms with E-state index in [9.17, 15) is 0 Å². The average Bonchev–Trinajstić information content (AvgIpc) is 3.03. The van der Waals surface area contributed by atoms with Crippen LogP contribution in [0.3, 0.4) is 0 Å². The molecule has 4 nitrogen and oxygen atoms in total. The van der Waals surface area contributed by atoms with Crippen molar-refractivity contribution in [1.82, 2.24) is 15.1 Å². The Morgan fingerprint density at radius 1 is 1.00 bits per heavy atom. The molecule has 23 heavy (non-hydrogen) atoms. The van der Waals surface area contributed by atoms with Crippen molar-refractivity contribution in [2.45, 2.75) is 19.5 Å². The molecule has 3 aromatic rings. The first-order valence-electron chi connectivity index (χ1n) is 7.66. The van der Waals surface area contributed by atoms with Gasteiger partial charge in [0.15, 0.2) is 0 Å². The van der Waals surface area contributed by atoms with E-state index in [1.807, 2.05) is 24.3 Å². The zero-order valence-corrected chi connectivity index (χ0v) is 14.2. The summed E-state index contributed by atoms with van der Waals surface area (Å²) in [7, 11) is 0. The molecule has 0 fully saturated rings. The summed E-state index contributed by atoms with van der Waals surface area (Å²) in [6, 6.07) is 16.5. The second-order valence-electron chi connectivity index (χ2n) is 5.71. The van der Waals surface area contributed by atoms with Crippen LogP contribution >= 0.6 is 15.9 Å². The third kappa shape index (κ3) is 3.07. The molecule has 0 spiro atoms. The van der Waals surface area contributed by atoms with E-state index < -0.39 is 0 Å². The van der Waals surface area contributed by atoms with Crippen molar-refractivity contribution < 1.29 is 4.42 Å². The summed E-state index contributed by atoms with van der Waals surface area (Å²) in [5.41, 5.74) is 3.77. The van der Waals surface area contributed by atoms with Crippen LogP contribution < -0.4 is 0 Å². The van der Waals surface area contributed by atoms with Crippen molar-refractivity contribution in [2.24, 2.45) is 0 Å². The van der Waals surface area contributed by atoms with Gasteiger partial charge in [-0.1, -0.05) is 36.4 Å². The quantitative estimate of drug-likeness (QED) is 0.698. The number of nitrogens with zero attached hydrogens (tertiary/aromatic N) is 3. The largest absolute Gasteiger partial charge is 0.419 e. The Morgan fingerprint density at radius 2 is 1.78 bits per heavy atom. The molecule has 4 rings (SSSR count). The molecule has 0 aliphatic carbocycles. The lowest BCUT2D eigenvalue weighted by Crippen LogP contribution is -2.30. The second-order valence-corrected chi connectivity index (χ2v) is 6.56. The summed E-state index contributed by atoms with van der Waals surface area (Å²) >= 11 is 3.52. The molecule has 0 amide bonds. The zero-order valence-electron chi connectivity index (χ0n) is 12.6. The Morgan fingerprint density at radius 3 is 2.65 bits per heavy atom. The molecule has 116 valence electrons. The maximum Gasteiger partial charge on any atom is 0.248 e. The highest BCUT2D eigenvalue weighted by Gasteiger charge is 2.19. The Bertz CT molecular complexity index is 830. The molecule has 1 aliphatic heterocycles. The van der Waals surface area contributed by atoms with Gasteiger partial charge < -0.3 is 4.42 Å². The summed E-state index contributed by atoms with van der Waals surface area (Å²) in [5.74, 6) is 1.22. The first-order chi connectivity index (χ1) is 11.3. The van der Waals surface area contributed by atoms with Crippen molar-refractivity contribution in [1.29, 1.82) is 0 Å². The predicted molar refractivity (Wildman–Crippen MR) is 91.7 cm³/mol. The van der Waals surface area contributed by atoms with Crippen LogP contribution in [-0.4, -0.2) is 21.6 Å². The third-order valence-corrected chi connectivity index (χ3v) is 4.83. The molecule has 2 heterocycles. The van der Waals surface area contributed by atoms with Crippen molar-refractivity contribution >= 4 is 15.9 Å². The third-order valence-electron chi connectivity index (χ3n) is 4.14. The number of hydrogen-bond donors (Lipinski definition) is 0. The maximum atomic E-state index is 5.85. The van der Waals surface area contributed by atoms with E-state index in [1.165, 1.54) is 11.1 Å². The minimum atomic E-state index is 0.560. The SMILES string of the molecule is Brc1ccccc1-c1nnc(CN2CCc3ccccc3C2)o1. The molecular formula is C18H16BrN3O. The lowest BCUT2D eigenvalue weighted by molar-refractivity contribution is 0.222. The van der Waals surface area contributed by atoms with Crippen LogP contribution in [-0.2, 0) is 19.5 Å².